The molecule has 1 aromatic rings. The van der Waals surface area contributed by atoms with Crippen LogP contribution in [-0.4, -0.2) is 47.6 Å². The standard InChI is InChI=1S/C15H26N4/c1-6-13-10-15(17-12(3)16-13)19(5)14-7-8-18(4)11(2)9-14/h10-11,14H,6-9H2,1-5H3. The molecule has 1 aliphatic rings. The van der Waals surface area contributed by atoms with Gasteiger partial charge in [0.15, 0.2) is 0 Å². The summed E-state index contributed by atoms with van der Waals surface area (Å²) in [6, 6.07) is 3.37. The second-order valence-electron chi connectivity index (χ2n) is 5.74. The number of anilines is 1. The molecule has 0 amide bonds. The molecule has 4 heteroatoms. The van der Waals surface area contributed by atoms with Crippen LogP contribution in [0.5, 0.6) is 0 Å². The number of rotatable bonds is 3. The Balaban J connectivity index is 2.15. The van der Waals surface area contributed by atoms with Crippen LogP contribution in [0.2, 0.25) is 0 Å². The van der Waals surface area contributed by atoms with E-state index in [1.807, 2.05) is 6.92 Å². The number of likely N-dealkylation sites (tertiary alicyclic amines) is 1. The predicted molar refractivity (Wildman–Crippen MR) is 79.7 cm³/mol. The van der Waals surface area contributed by atoms with Gasteiger partial charge in [0.1, 0.15) is 11.6 Å². The Morgan fingerprint density at radius 3 is 2.79 bits per heavy atom. The zero-order valence-corrected chi connectivity index (χ0v) is 12.8. The Morgan fingerprint density at radius 2 is 2.16 bits per heavy atom. The molecule has 0 bridgehead atoms. The van der Waals surface area contributed by atoms with Crippen molar-refractivity contribution in [1.29, 1.82) is 0 Å². The second-order valence-corrected chi connectivity index (χ2v) is 5.74. The third kappa shape index (κ3) is 3.24. The third-order valence-corrected chi connectivity index (χ3v) is 4.33. The maximum atomic E-state index is 4.60. The first-order valence-electron chi connectivity index (χ1n) is 7.29. The number of hydrogen-bond acceptors (Lipinski definition) is 4. The molecule has 1 aromatic heterocycles. The lowest BCUT2D eigenvalue weighted by Crippen LogP contribution is -2.46. The molecule has 0 spiro atoms. The first kappa shape index (κ1) is 14.3. The molecule has 4 nitrogen and oxygen atoms in total. The van der Waals surface area contributed by atoms with Crippen LogP contribution >= 0.6 is 0 Å². The number of hydrogen-bond donors (Lipinski definition) is 0. The zero-order chi connectivity index (χ0) is 14.0. The number of aryl methyl sites for hydroxylation is 2. The highest BCUT2D eigenvalue weighted by Gasteiger charge is 2.26. The fraction of sp³-hybridized carbons (Fsp3) is 0.733. The van der Waals surface area contributed by atoms with E-state index in [-0.39, 0.29) is 0 Å². The Labute approximate surface area is 116 Å². The van der Waals surface area contributed by atoms with E-state index in [1.54, 1.807) is 0 Å². The van der Waals surface area contributed by atoms with Crippen LogP contribution < -0.4 is 4.90 Å². The van der Waals surface area contributed by atoms with Crippen molar-refractivity contribution >= 4 is 5.82 Å². The fourth-order valence-corrected chi connectivity index (χ4v) is 2.78. The molecule has 2 atom stereocenters. The highest BCUT2D eigenvalue weighted by molar-refractivity contribution is 5.40. The van der Waals surface area contributed by atoms with Gasteiger partial charge in [-0.2, -0.15) is 0 Å². The summed E-state index contributed by atoms with van der Waals surface area (Å²) in [7, 11) is 4.38. The van der Waals surface area contributed by atoms with E-state index in [4.69, 9.17) is 0 Å². The predicted octanol–water partition coefficient (Wildman–Crippen LogP) is 2.27. The van der Waals surface area contributed by atoms with Crippen molar-refractivity contribution in [3.8, 4) is 0 Å². The van der Waals surface area contributed by atoms with Crippen molar-refractivity contribution < 1.29 is 0 Å². The Bertz CT molecular complexity index is 432. The van der Waals surface area contributed by atoms with E-state index >= 15 is 0 Å². The van der Waals surface area contributed by atoms with Crippen molar-refractivity contribution in [1.82, 2.24) is 14.9 Å². The lowest BCUT2D eigenvalue weighted by atomic mass is 9.98. The van der Waals surface area contributed by atoms with Crippen LogP contribution in [0.15, 0.2) is 6.07 Å². The Hall–Kier alpha value is -1.16. The molecule has 0 saturated carbocycles. The van der Waals surface area contributed by atoms with Crippen LogP contribution in [0.3, 0.4) is 0 Å². The van der Waals surface area contributed by atoms with Gasteiger partial charge in [-0.05, 0) is 40.2 Å². The first-order valence-corrected chi connectivity index (χ1v) is 7.29. The van der Waals surface area contributed by atoms with Crippen LogP contribution in [0.4, 0.5) is 5.82 Å². The van der Waals surface area contributed by atoms with Gasteiger partial charge in [-0.25, -0.2) is 9.97 Å². The molecular formula is C15H26N4. The van der Waals surface area contributed by atoms with Gasteiger partial charge in [0, 0.05) is 37.4 Å². The van der Waals surface area contributed by atoms with Crippen LogP contribution in [0, 0.1) is 6.92 Å². The third-order valence-electron chi connectivity index (χ3n) is 4.33. The highest BCUT2D eigenvalue weighted by atomic mass is 15.2. The molecule has 106 valence electrons. The number of aromatic nitrogens is 2. The maximum Gasteiger partial charge on any atom is 0.132 e. The van der Waals surface area contributed by atoms with Gasteiger partial charge in [0.05, 0.1) is 0 Å². The average Bonchev–Trinajstić information content (AvgIpc) is 2.40. The van der Waals surface area contributed by atoms with Gasteiger partial charge in [-0.1, -0.05) is 6.92 Å². The van der Waals surface area contributed by atoms with Crippen LogP contribution in [-0.2, 0) is 6.42 Å². The molecule has 2 unspecified atom stereocenters. The fourth-order valence-electron chi connectivity index (χ4n) is 2.78. The van der Waals surface area contributed by atoms with E-state index in [0.717, 1.165) is 23.8 Å². The topological polar surface area (TPSA) is 32.3 Å². The Kier molecular flexibility index (Phi) is 4.40. The molecule has 0 aliphatic carbocycles. The molecule has 19 heavy (non-hydrogen) atoms. The van der Waals surface area contributed by atoms with E-state index in [1.165, 1.54) is 19.4 Å². The van der Waals surface area contributed by atoms with E-state index in [2.05, 4.69) is 53.8 Å². The molecule has 1 aliphatic heterocycles. The van der Waals surface area contributed by atoms with Gasteiger partial charge >= 0.3 is 0 Å². The van der Waals surface area contributed by atoms with E-state index < -0.39 is 0 Å². The number of nitrogens with zero attached hydrogens (tertiary/aromatic N) is 4. The van der Waals surface area contributed by atoms with Crippen molar-refractivity contribution in [2.24, 2.45) is 0 Å². The first-order chi connectivity index (χ1) is 9.01. The lowest BCUT2D eigenvalue weighted by Gasteiger charge is -2.39. The summed E-state index contributed by atoms with van der Waals surface area (Å²) in [5.74, 6) is 1.95. The van der Waals surface area contributed by atoms with Crippen molar-refractivity contribution in [3.05, 3.63) is 17.6 Å². The molecule has 2 heterocycles. The molecular weight excluding hydrogens is 236 g/mol. The van der Waals surface area contributed by atoms with E-state index in [9.17, 15) is 0 Å². The van der Waals surface area contributed by atoms with Gasteiger partial charge < -0.3 is 9.80 Å². The highest BCUT2D eigenvalue weighted by Crippen LogP contribution is 2.23. The lowest BCUT2D eigenvalue weighted by molar-refractivity contribution is 0.181. The largest absolute Gasteiger partial charge is 0.356 e. The molecule has 1 saturated heterocycles. The Morgan fingerprint density at radius 1 is 1.42 bits per heavy atom. The minimum Gasteiger partial charge on any atom is -0.356 e. The molecule has 0 aromatic carbocycles. The van der Waals surface area contributed by atoms with Crippen molar-refractivity contribution in [2.45, 2.75) is 52.1 Å². The SMILES string of the molecule is CCc1cc(N(C)C2CCN(C)C(C)C2)nc(C)n1. The van der Waals surface area contributed by atoms with Gasteiger partial charge in [-0.15, -0.1) is 0 Å². The average molecular weight is 262 g/mol. The van der Waals surface area contributed by atoms with E-state index in [0.29, 0.717) is 12.1 Å². The minimum absolute atomic E-state index is 0.588. The summed E-state index contributed by atoms with van der Waals surface area (Å²) in [6.45, 7) is 7.60. The van der Waals surface area contributed by atoms with Crippen LogP contribution in [0.1, 0.15) is 38.2 Å². The normalized spacial score (nSPS) is 24.5. The smallest absolute Gasteiger partial charge is 0.132 e. The van der Waals surface area contributed by atoms with Crippen molar-refractivity contribution in [3.63, 3.8) is 0 Å². The minimum atomic E-state index is 0.588. The molecule has 0 N–H and O–H groups in total. The molecule has 1 fully saturated rings. The van der Waals surface area contributed by atoms with Crippen LogP contribution in [0.25, 0.3) is 0 Å². The maximum absolute atomic E-state index is 4.60. The zero-order valence-electron chi connectivity index (χ0n) is 12.8. The summed E-state index contributed by atoms with van der Waals surface area (Å²) in [6.07, 6.45) is 3.38. The quantitative estimate of drug-likeness (QED) is 0.836. The van der Waals surface area contributed by atoms with Crippen molar-refractivity contribution in [2.75, 3.05) is 25.5 Å². The summed E-state index contributed by atoms with van der Waals surface area (Å²) >= 11 is 0. The number of piperidine rings is 1. The van der Waals surface area contributed by atoms with Gasteiger partial charge in [-0.3, -0.25) is 0 Å². The molecule has 0 radical (unpaired) electrons. The molecule has 2 rings (SSSR count). The van der Waals surface area contributed by atoms with Gasteiger partial charge in [0.25, 0.3) is 0 Å². The summed E-state index contributed by atoms with van der Waals surface area (Å²) in [5, 5.41) is 0. The summed E-state index contributed by atoms with van der Waals surface area (Å²) in [5.41, 5.74) is 1.13. The summed E-state index contributed by atoms with van der Waals surface area (Å²) in [4.78, 5) is 13.8. The summed E-state index contributed by atoms with van der Waals surface area (Å²) < 4.78 is 0. The van der Waals surface area contributed by atoms with Gasteiger partial charge in [0.2, 0.25) is 0 Å². The second kappa shape index (κ2) is 5.87. The monoisotopic (exact) mass is 262 g/mol.